The van der Waals surface area contributed by atoms with Crippen LogP contribution in [0.25, 0.3) is 0 Å². The number of nitrogens with one attached hydrogen (secondary N) is 2. The molecular weight excluding hydrogens is 336 g/mol. The Labute approximate surface area is 164 Å². The first-order chi connectivity index (χ1) is 13.1. The van der Waals surface area contributed by atoms with Gasteiger partial charge in [0.1, 0.15) is 0 Å². The van der Waals surface area contributed by atoms with Gasteiger partial charge in [-0.05, 0) is 58.2 Å². The summed E-state index contributed by atoms with van der Waals surface area (Å²) < 4.78 is 0. The highest BCUT2D eigenvalue weighted by molar-refractivity contribution is 5.81. The second-order valence-electron chi connectivity index (χ2n) is 8.37. The van der Waals surface area contributed by atoms with Crippen LogP contribution in [0.4, 0.5) is 0 Å². The summed E-state index contributed by atoms with van der Waals surface area (Å²) in [5.74, 6) is 0.156. The molecule has 5 heteroatoms. The molecule has 2 aliphatic rings. The maximum atomic E-state index is 12.2. The van der Waals surface area contributed by atoms with Gasteiger partial charge in [0.2, 0.25) is 5.91 Å². The van der Waals surface area contributed by atoms with Crippen molar-refractivity contribution < 1.29 is 4.79 Å². The van der Waals surface area contributed by atoms with E-state index in [1.165, 1.54) is 31.5 Å². The quantitative estimate of drug-likeness (QED) is 0.767. The molecule has 27 heavy (non-hydrogen) atoms. The van der Waals surface area contributed by atoms with E-state index < -0.39 is 0 Å². The van der Waals surface area contributed by atoms with E-state index in [0.29, 0.717) is 18.1 Å². The zero-order valence-corrected chi connectivity index (χ0v) is 17.2. The molecule has 2 N–H and O–H groups in total. The summed E-state index contributed by atoms with van der Waals surface area (Å²) in [7, 11) is 1.74. The fraction of sp³-hybridized carbons (Fsp3) is 0.682. The van der Waals surface area contributed by atoms with Crippen LogP contribution in [0.5, 0.6) is 0 Å². The van der Waals surface area contributed by atoms with E-state index in [1.54, 1.807) is 7.05 Å². The molecule has 2 aliphatic heterocycles. The lowest BCUT2D eigenvalue weighted by molar-refractivity contribution is -0.125. The number of carbonyl (C=O) groups is 1. The van der Waals surface area contributed by atoms with Gasteiger partial charge in [-0.2, -0.15) is 0 Å². The number of rotatable bonds is 7. The highest BCUT2D eigenvalue weighted by Gasteiger charge is 2.38. The molecule has 0 aromatic heterocycles. The molecule has 1 aromatic rings. The Bertz CT molecular complexity index is 583. The summed E-state index contributed by atoms with van der Waals surface area (Å²) in [5, 5.41) is 6.69. The van der Waals surface area contributed by atoms with Crippen LogP contribution in [-0.2, 0) is 11.2 Å². The molecule has 0 bridgehead atoms. The SMILES string of the molecule is CNC(=O)[C@@H]1C[C@@H](NC2CCN(CCc3ccccc3)CC2)CN1C(C)C. The Morgan fingerprint density at radius 2 is 1.85 bits per heavy atom. The van der Waals surface area contributed by atoms with E-state index in [9.17, 15) is 4.79 Å². The number of nitrogens with zero attached hydrogens (tertiary/aromatic N) is 2. The molecule has 5 nitrogen and oxygen atoms in total. The van der Waals surface area contributed by atoms with Crippen molar-refractivity contribution in [3.63, 3.8) is 0 Å². The van der Waals surface area contributed by atoms with Gasteiger partial charge in [-0.15, -0.1) is 0 Å². The summed E-state index contributed by atoms with van der Waals surface area (Å²) in [4.78, 5) is 17.1. The van der Waals surface area contributed by atoms with Crippen LogP contribution in [0.15, 0.2) is 30.3 Å². The average molecular weight is 373 g/mol. The fourth-order valence-corrected chi connectivity index (χ4v) is 4.57. The summed E-state index contributed by atoms with van der Waals surface area (Å²) in [6.45, 7) is 8.84. The van der Waals surface area contributed by atoms with Gasteiger partial charge in [0.25, 0.3) is 0 Å². The smallest absolute Gasteiger partial charge is 0.237 e. The van der Waals surface area contributed by atoms with Gasteiger partial charge in [0.15, 0.2) is 0 Å². The largest absolute Gasteiger partial charge is 0.358 e. The third-order valence-corrected chi connectivity index (χ3v) is 6.17. The Balaban J connectivity index is 1.42. The van der Waals surface area contributed by atoms with Crippen LogP contribution in [0.1, 0.15) is 38.7 Å². The molecule has 2 saturated heterocycles. The highest BCUT2D eigenvalue weighted by atomic mass is 16.2. The third-order valence-electron chi connectivity index (χ3n) is 6.17. The van der Waals surface area contributed by atoms with Crippen molar-refractivity contribution in [3.05, 3.63) is 35.9 Å². The van der Waals surface area contributed by atoms with Gasteiger partial charge < -0.3 is 15.5 Å². The molecule has 2 fully saturated rings. The van der Waals surface area contributed by atoms with Crippen molar-refractivity contribution in [2.75, 3.05) is 33.2 Å². The lowest BCUT2D eigenvalue weighted by atomic mass is 10.0. The van der Waals surface area contributed by atoms with Crippen LogP contribution >= 0.6 is 0 Å². The van der Waals surface area contributed by atoms with Gasteiger partial charge in [0.05, 0.1) is 6.04 Å². The first-order valence-electron chi connectivity index (χ1n) is 10.6. The van der Waals surface area contributed by atoms with Crippen molar-refractivity contribution in [3.8, 4) is 0 Å². The van der Waals surface area contributed by atoms with Gasteiger partial charge in [0, 0.05) is 38.3 Å². The zero-order valence-electron chi connectivity index (χ0n) is 17.2. The predicted octanol–water partition coefficient (Wildman–Crippen LogP) is 1.88. The summed E-state index contributed by atoms with van der Waals surface area (Å²) in [6, 6.07) is 12.2. The van der Waals surface area contributed by atoms with Crippen LogP contribution < -0.4 is 10.6 Å². The molecule has 3 rings (SSSR count). The van der Waals surface area contributed by atoms with Crippen molar-refractivity contribution >= 4 is 5.91 Å². The second kappa shape index (κ2) is 9.67. The molecule has 0 saturated carbocycles. The number of carbonyl (C=O) groups excluding carboxylic acids is 1. The second-order valence-corrected chi connectivity index (χ2v) is 8.37. The average Bonchev–Trinajstić information content (AvgIpc) is 3.12. The van der Waals surface area contributed by atoms with Gasteiger partial charge in [-0.25, -0.2) is 0 Å². The van der Waals surface area contributed by atoms with Crippen molar-refractivity contribution in [2.45, 2.75) is 63.7 Å². The lowest BCUT2D eigenvalue weighted by Gasteiger charge is -2.34. The number of hydrogen-bond acceptors (Lipinski definition) is 4. The number of piperidine rings is 1. The number of benzene rings is 1. The monoisotopic (exact) mass is 372 g/mol. The van der Waals surface area contributed by atoms with Crippen LogP contribution in [0, 0.1) is 0 Å². The molecule has 2 atom stereocenters. The van der Waals surface area contributed by atoms with E-state index >= 15 is 0 Å². The minimum absolute atomic E-state index is 0.0125. The molecule has 150 valence electrons. The maximum absolute atomic E-state index is 12.2. The molecular formula is C22H36N4O. The molecule has 0 aliphatic carbocycles. The van der Waals surface area contributed by atoms with Crippen LogP contribution in [-0.4, -0.2) is 73.1 Å². The normalized spacial score (nSPS) is 25.2. The van der Waals surface area contributed by atoms with Gasteiger partial charge in [-0.3, -0.25) is 9.69 Å². The lowest BCUT2D eigenvalue weighted by Crippen LogP contribution is -2.47. The topological polar surface area (TPSA) is 47.6 Å². The Kier molecular flexibility index (Phi) is 7.27. The molecule has 1 amide bonds. The van der Waals surface area contributed by atoms with E-state index in [4.69, 9.17) is 0 Å². The van der Waals surface area contributed by atoms with Gasteiger partial charge in [-0.1, -0.05) is 30.3 Å². The van der Waals surface area contributed by atoms with E-state index in [-0.39, 0.29) is 11.9 Å². The standard InChI is InChI=1S/C22H36N4O/c1-17(2)26-16-20(15-21(26)22(27)23-3)24-19-10-13-25(14-11-19)12-9-18-7-5-4-6-8-18/h4-8,17,19-21,24H,9-16H2,1-3H3,(H,23,27)/t20-,21+/m1/s1. The molecule has 1 aromatic carbocycles. The Morgan fingerprint density at radius 3 is 2.48 bits per heavy atom. The fourth-order valence-electron chi connectivity index (χ4n) is 4.57. The molecule has 0 unspecified atom stereocenters. The number of hydrogen-bond donors (Lipinski definition) is 2. The van der Waals surface area contributed by atoms with Crippen molar-refractivity contribution in [1.82, 2.24) is 20.4 Å². The summed E-state index contributed by atoms with van der Waals surface area (Å²) in [5.41, 5.74) is 1.43. The minimum atomic E-state index is 0.0125. The first-order valence-corrected chi connectivity index (χ1v) is 10.6. The Morgan fingerprint density at radius 1 is 1.15 bits per heavy atom. The van der Waals surface area contributed by atoms with Crippen molar-refractivity contribution in [1.29, 1.82) is 0 Å². The minimum Gasteiger partial charge on any atom is -0.358 e. The molecule has 2 heterocycles. The number of likely N-dealkylation sites (N-methyl/N-ethyl adjacent to an activating group) is 1. The van der Waals surface area contributed by atoms with Crippen molar-refractivity contribution in [2.24, 2.45) is 0 Å². The zero-order chi connectivity index (χ0) is 19.2. The maximum Gasteiger partial charge on any atom is 0.237 e. The van der Waals surface area contributed by atoms with E-state index in [2.05, 4.69) is 64.6 Å². The highest BCUT2D eigenvalue weighted by Crippen LogP contribution is 2.22. The summed E-state index contributed by atoms with van der Waals surface area (Å²) >= 11 is 0. The van der Waals surface area contributed by atoms with Crippen LogP contribution in [0.3, 0.4) is 0 Å². The first kappa shape index (κ1) is 20.3. The van der Waals surface area contributed by atoms with E-state index in [0.717, 1.165) is 25.9 Å². The number of likely N-dealkylation sites (tertiary alicyclic amines) is 2. The van der Waals surface area contributed by atoms with E-state index in [1.807, 2.05) is 0 Å². The number of amides is 1. The van der Waals surface area contributed by atoms with Gasteiger partial charge >= 0.3 is 0 Å². The molecule has 0 radical (unpaired) electrons. The summed E-state index contributed by atoms with van der Waals surface area (Å²) in [6.07, 6.45) is 4.47. The third kappa shape index (κ3) is 5.53. The molecule has 0 spiro atoms. The van der Waals surface area contributed by atoms with Crippen LogP contribution in [0.2, 0.25) is 0 Å². The Hall–Kier alpha value is -1.43. The predicted molar refractivity (Wildman–Crippen MR) is 111 cm³/mol.